The number of amides is 1. The molecule has 2 saturated heterocycles. The molecule has 3 aliphatic rings. The molecule has 1 amide bonds. The maximum absolute atomic E-state index is 12.2. The summed E-state index contributed by atoms with van der Waals surface area (Å²) in [5.41, 5.74) is 0. The number of nitrogens with zero attached hydrogens (tertiary/aromatic N) is 2. The highest BCUT2D eigenvalue weighted by Crippen LogP contribution is 2.31. The summed E-state index contributed by atoms with van der Waals surface area (Å²) >= 11 is 0. The zero-order valence-electron chi connectivity index (χ0n) is 12.0. The fourth-order valence-corrected chi connectivity index (χ4v) is 6.05. The second kappa shape index (κ2) is 5.64. The smallest absolute Gasteiger partial charge is 0.222 e. The standard InChI is InChI=1S/C14H24N2O3S/c17-14-6-3-7-16(14)9-8-15-10-11-20(18,19)13-5-2-1-4-12(13)15/h12-13H,1-11H2/t12-,13-/m0/s1. The first-order valence-electron chi connectivity index (χ1n) is 7.81. The quantitative estimate of drug-likeness (QED) is 0.768. The van der Waals surface area contributed by atoms with Crippen LogP contribution < -0.4 is 0 Å². The number of hydrogen-bond acceptors (Lipinski definition) is 4. The molecule has 0 aromatic heterocycles. The van der Waals surface area contributed by atoms with Crippen molar-refractivity contribution in [1.29, 1.82) is 0 Å². The summed E-state index contributed by atoms with van der Waals surface area (Å²) < 4.78 is 24.4. The van der Waals surface area contributed by atoms with Crippen LogP contribution in [0.4, 0.5) is 0 Å². The molecule has 1 saturated carbocycles. The highest BCUT2D eigenvalue weighted by Gasteiger charge is 2.42. The lowest BCUT2D eigenvalue weighted by Gasteiger charge is -2.43. The molecule has 0 radical (unpaired) electrons. The first-order chi connectivity index (χ1) is 9.58. The van der Waals surface area contributed by atoms with Crippen LogP contribution in [0.2, 0.25) is 0 Å². The minimum absolute atomic E-state index is 0.153. The van der Waals surface area contributed by atoms with Gasteiger partial charge in [0, 0.05) is 38.6 Å². The number of rotatable bonds is 3. The van der Waals surface area contributed by atoms with Crippen LogP contribution in [-0.2, 0) is 14.6 Å². The van der Waals surface area contributed by atoms with E-state index in [1.165, 1.54) is 0 Å². The molecule has 6 heteroatoms. The van der Waals surface area contributed by atoms with Gasteiger partial charge in [-0.25, -0.2) is 8.42 Å². The molecule has 114 valence electrons. The number of carbonyl (C=O) groups excluding carboxylic acids is 1. The molecule has 0 aromatic carbocycles. The lowest BCUT2D eigenvalue weighted by Crippen LogP contribution is -2.57. The van der Waals surface area contributed by atoms with Crippen molar-refractivity contribution in [2.45, 2.75) is 49.8 Å². The fourth-order valence-electron chi connectivity index (χ4n) is 3.94. The normalized spacial score (nSPS) is 34.2. The van der Waals surface area contributed by atoms with Crippen LogP contribution in [0.1, 0.15) is 38.5 Å². The van der Waals surface area contributed by atoms with Gasteiger partial charge in [0.25, 0.3) is 0 Å². The van der Waals surface area contributed by atoms with Crippen LogP contribution >= 0.6 is 0 Å². The van der Waals surface area contributed by atoms with E-state index in [4.69, 9.17) is 0 Å². The van der Waals surface area contributed by atoms with Crippen molar-refractivity contribution in [2.24, 2.45) is 0 Å². The molecule has 3 rings (SSSR count). The van der Waals surface area contributed by atoms with Crippen LogP contribution in [0.15, 0.2) is 0 Å². The first-order valence-corrected chi connectivity index (χ1v) is 9.53. The van der Waals surface area contributed by atoms with Crippen molar-refractivity contribution in [3.05, 3.63) is 0 Å². The number of hydrogen-bond donors (Lipinski definition) is 0. The maximum atomic E-state index is 12.2. The Labute approximate surface area is 121 Å². The van der Waals surface area contributed by atoms with Gasteiger partial charge in [-0.05, 0) is 19.3 Å². The van der Waals surface area contributed by atoms with Crippen molar-refractivity contribution in [3.63, 3.8) is 0 Å². The predicted molar refractivity (Wildman–Crippen MR) is 77.2 cm³/mol. The summed E-state index contributed by atoms with van der Waals surface area (Å²) in [6.07, 6.45) is 5.65. The van der Waals surface area contributed by atoms with Gasteiger partial charge in [-0.1, -0.05) is 12.8 Å². The highest BCUT2D eigenvalue weighted by atomic mass is 32.2. The Bertz CT molecular complexity index is 477. The second-order valence-corrected chi connectivity index (χ2v) is 8.62. The number of fused-ring (bicyclic) bond motifs is 1. The van der Waals surface area contributed by atoms with Crippen molar-refractivity contribution in [1.82, 2.24) is 9.80 Å². The first kappa shape index (κ1) is 14.3. The van der Waals surface area contributed by atoms with E-state index in [0.29, 0.717) is 18.7 Å². The summed E-state index contributed by atoms with van der Waals surface area (Å²) in [6.45, 7) is 3.12. The van der Waals surface area contributed by atoms with Crippen molar-refractivity contribution < 1.29 is 13.2 Å². The Morgan fingerprint density at radius 2 is 1.85 bits per heavy atom. The molecule has 2 aliphatic heterocycles. The fraction of sp³-hybridized carbons (Fsp3) is 0.929. The van der Waals surface area contributed by atoms with E-state index >= 15 is 0 Å². The summed E-state index contributed by atoms with van der Waals surface area (Å²) in [4.78, 5) is 15.9. The van der Waals surface area contributed by atoms with Gasteiger partial charge in [-0.15, -0.1) is 0 Å². The van der Waals surface area contributed by atoms with Gasteiger partial charge in [-0.3, -0.25) is 9.69 Å². The molecule has 0 spiro atoms. The molecular formula is C14H24N2O3S. The van der Waals surface area contributed by atoms with Crippen LogP contribution in [0.3, 0.4) is 0 Å². The molecule has 5 nitrogen and oxygen atoms in total. The lowest BCUT2D eigenvalue weighted by atomic mass is 9.93. The van der Waals surface area contributed by atoms with E-state index in [1.807, 2.05) is 4.90 Å². The largest absolute Gasteiger partial charge is 0.341 e. The molecule has 2 atom stereocenters. The van der Waals surface area contributed by atoms with Gasteiger partial charge in [-0.2, -0.15) is 0 Å². The Balaban J connectivity index is 1.63. The third-order valence-electron chi connectivity index (χ3n) is 5.09. The van der Waals surface area contributed by atoms with Crippen LogP contribution in [0.5, 0.6) is 0 Å². The van der Waals surface area contributed by atoms with Crippen LogP contribution in [0, 0.1) is 0 Å². The minimum atomic E-state index is -2.89. The topological polar surface area (TPSA) is 57.7 Å². The molecule has 0 unspecified atom stereocenters. The van der Waals surface area contributed by atoms with E-state index in [0.717, 1.165) is 51.7 Å². The van der Waals surface area contributed by atoms with Crippen molar-refractivity contribution >= 4 is 15.7 Å². The van der Waals surface area contributed by atoms with Gasteiger partial charge in [0.15, 0.2) is 9.84 Å². The van der Waals surface area contributed by atoms with Gasteiger partial charge >= 0.3 is 0 Å². The molecule has 1 aliphatic carbocycles. The molecule has 0 N–H and O–H groups in total. The average Bonchev–Trinajstić information content (AvgIpc) is 2.84. The number of sulfone groups is 1. The van der Waals surface area contributed by atoms with Gasteiger partial charge < -0.3 is 4.90 Å². The van der Waals surface area contributed by atoms with Crippen LogP contribution in [-0.4, -0.2) is 67.3 Å². The Kier molecular flexibility index (Phi) is 4.04. The second-order valence-electron chi connectivity index (χ2n) is 6.28. The monoisotopic (exact) mass is 300 g/mol. The molecule has 3 fully saturated rings. The SMILES string of the molecule is O=C1CCCN1CCN1CCS(=O)(=O)[C@H]2CCCC[C@@H]21. The number of carbonyl (C=O) groups is 1. The Hall–Kier alpha value is -0.620. The predicted octanol–water partition coefficient (Wildman–Crippen LogP) is 0.650. The molecule has 2 heterocycles. The van der Waals surface area contributed by atoms with Crippen molar-refractivity contribution in [2.75, 3.05) is 31.9 Å². The van der Waals surface area contributed by atoms with E-state index < -0.39 is 9.84 Å². The summed E-state index contributed by atoms with van der Waals surface area (Å²) in [5, 5.41) is -0.153. The van der Waals surface area contributed by atoms with E-state index in [2.05, 4.69) is 4.90 Å². The van der Waals surface area contributed by atoms with Gasteiger partial charge in [0.05, 0.1) is 11.0 Å². The molecule has 0 aromatic rings. The summed E-state index contributed by atoms with van der Waals surface area (Å²) in [5.74, 6) is 0.553. The lowest BCUT2D eigenvalue weighted by molar-refractivity contribution is -0.127. The van der Waals surface area contributed by atoms with Crippen molar-refractivity contribution in [3.8, 4) is 0 Å². The molecule has 0 bridgehead atoms. The van der Waals surface area contributed by atoms with E-state index in [1.54, 1.807) is 0 Å². The number of likely N-dealkylation sites (tertiary alicyclic amines) is 1. The Morgan fingerprint density at radius 1 is 1.05 bits per heavy atom. The minimum Gasteiger partial charge on any atom is -0.341 e. The van der Waals surface area contributed by atoms with Gasteiger partial charge in [0.1, 0.15) is 0 Å². The van der Waals surface area contributed by atoms with Gasteiger partial charge in [0.2, 0.25) is 5.91 Å². The zero-order valence-corrected chi connectivity index (χ0v) is 12.8. The summed E-state index contributed by atoms with van der Waals surface area (Å²) in [6, 6.07) is 0.195. The molecular weight excluding hydrogens is 276 g/mol. The van der Waals surface area contributed by atoms with Crippen LogP contribution in [0.25, 0.3) is 0 Å². The molecule has 20 heavy (non-hydrogen) atoms. The zero-order chi connectivity index (χ0) is 14.2. The van der Waals surface area contributed by atoms with E-state index in [9.17, 15) is 13.2 Å². The average molecular weight is 300 g/mol. The third kappa shape index (κ3) is 2.72. The Morgan fingerprint density at radius 3 is 2.60 bits per heavy atom. The maximum Gasteiger partial charge on any atom is 0.222 e. The van der Waals surface area contributed by atoms with E-state index in [-0.39, 0.29) is 17.2 Å². The highest BCUT2D eigenvalue weighted by molar-refractivity contribution is 7.92. The third-order valence-corrected chi connectivity index (χ3v) is 7.31. The summed E-state index contributed by atoms with van der Waals surface area (Å²) in [7, 11) is -2.89.